The smallest absolute Gasteiger partial charge is 0.498 e. The van der Waals surface area contributed by atoms with Gasteiger partial charge in [-0.2, -0.15) is 0 Å². The molecule has 0 aromatic rings. The number of hydrogen-bond acceptors (Lipinski definition) is 4. The second-order valence-electron chi connectivity index (χ2n) is 6.43. The second kappa shape index (κ2) is 3.91. The fraction of sp³-hybridized carbons (Fsp3) is 0.846. The van der Waals surface area contributed by atoms with E-state index in [0.29, 0.717) is 6.04 Å². The first-order valence-corrected chi connectivity index (χ1v) is 6.85. The van der Waals surface area contributed by atoms with Gasteiger partial charge in [0, 0.05) is 6.04 Å². The van der Waals surface area contributed by atoms with Crippen molar-refractivity contribution in [3.05, 3.63) is 11.9 Å². The first-order valence-electron chi connectivity index (χ1n) is 6.85. The molecule has 0 spiro atoms. The van der Waals surface area contributed by atoms with Gasteiger partial charge >= 0.3 is 7.12 Å². The van der Waals surface area contributed by atoms with Crippen molar-refractivity contribution in [3.8, 4) is 0 Å². The standard InChI is InChI=1S/C13H22BNO3/c1-12(2)13(3,4)18-14(17-12)11-9-16-8-7-15(11)10-5-6-10/h9-10H,5-8H2,1-4H3. The van der Waals surface area contributed by atoms with Crippen molar-refractivity contribution in [1.29, 1.82) is 0 Å². The fourth-order valence-electron chi connectivity index (χ4n) is 2.43. The van der Waals surface area contributed by atoms with Crippen molar-refractivity contribution in [2.75, 3.05) is 13.2 Å². The van der Waals surface area contributed by atoms with Gasteiger partial charge in [-0.25, -0.2) is 0 Å². The van der Waals surface area contributed by atoms with Crippen LogP contribution < -0.4 is 0 Å². The minimum absolute atomic E-state index is 0.287. The molecule has 3 rings (SSSR count). The van der Waals surface area contributed by atoms with Crippen LogP contribution in [-0.2, 0) is 14.0 Å². The minimum atomic E-state index is -0.295. The van der Waals surface area contributed by atoms with Gasteiger partial charge in [-0.3, -0.25) is 0 Å². The lowest BCUT2D eigenvalue weighted by Gasteiger charge is -2.32. The molecule has 0 aromatic heterocycles. The average Bonchev–Trinajstić information content (AvgIpc) is 3.08. The normalized spacial score (nSPS) is 30.1. The van der Waals surface area contributed by atoms with E-state index in [-0.39, 0.29) is 18.3 Å². The van der Waals surface area contributed by atoms with Gasteiger partial charge in [0.05, 0.1) is 29.6 Å². The zero-order valence-corrected chi connectivity index (χ0v) is 11.7. The van der Waals surface area contributed by atoms with Crippen molar-refractivity contribution in [3.63, 3.8) is 0 Å². The number of nitrogens with zero attached hydrogens (tertiary/aromatic N) is 1. The van der Waals surface area contributed by atoms with E-state index in [4.69, 9.17) is 14.0 Å². The summed E-state index contributed by atoms with van der Waals surface area (Å²) in [7, 11) is -0.295. The molecule has 18 heavy (non-hydrogen) atoms. The summed E-state index contributed by atoms with van der Waals surface area (Å²) in [5.41, 5.74) is 0.485. The lowest BCUT2D eigenvalue weighted by molar-refractivity contribution is 0.00578. The van der Waals surface area contributed by atoms with Crippen molar-refractivity contribution < 1.29 is 14.0 Å². The lowest BCUT2D eigenvalue weighted by atomic mass is 9.83. The SMILES string of the molecule is CC1(C)OB(C2=COCCN2C2CC2)OC1(C)C. The molecule has 0 bridgehead atoms. The molecular weight excluding hydrogens is 229 g/mol. The first kappa shape index (κ1) is 12.4. The predicted octanol–water partition coefficient (Wildman–Crippen LogP) is 1.95. The number of hydrogen-bond donors (Lipinski definition) is 0. The first-order chi connectivity index (χ1) is 8.41. The summed E-state index contributed by atoms with van der Waals surface area (Å²) in [5.74, 6) is 0. The third-order valence-corrected chi connectivity index (χ3v) is 4.47. The molecule has 0 atom stereocenters. The van der Waals surface area contributed by atoms with Gasteiger partial charge in [-0.05, 0) is 40.5 Å². The Labute approximate surface area is 109 Å². The topological polar surface area (TPSA) is 30.9 Å². The monoisotopic (exact) mass is 251 g/mol. The summed E-state index contributed by atoms with van der Waals surface area (Å²) < 4.78 is 17.7. The highest BCUT2D eigenvalue weighted by atomic mass is 16.7. The Kier molecular flexibility index (Phi) is 2.68. The Hall–Kier alpha value is -0.675. The van der Waals surface area contributed by atoms with Crippen LogP contribution in [0, 0.1) is 0 Å². The maximum atomic E-state index is 6.10. The highest BCUT2D eigenvalue weighted by Gasteiger charge is 2.54. The Morgan fingerprint density at radius 3 is 2.33 bits per heavy atom. The highest BCUT2D eigenvalue weighted by molar-refractivity contribution is 6.54. The van der Waals surface area contributed by atoms with E-state index in [1.807, 2.05) is 6.26 Å². The van der Waals surface area contributed by atoms with Crippen molar-refractivity contribution in [1.82, 2.24) is 4.90 Å². The molecule has 0 unspecified atom stereocenters. The maximum absolute atomic E-state index is 6.10. The molecule has 100 valence electrons. The molecule has 1 aliphatic carbocycles. The minimum Gasteiger partial charge on any atom is -0.498 e. The van der Waals surface area contributed by atoms with Gasteiger partial charge < -0.3 is 18.9 Å². The third kappa shape index (κ3) is 1.93. The Bertz CT molecular complexity index is 360. The van der Waals surface area contributed by atoms with Crippen LogP contribution in [0.3, 0.4) is 0 Å². The second-order valence-corrected chi connectivity index (χ2v) is 6.43. The molecule has 5 heteroatoms. The van der Waals surface area contributed by atoms with Crippen LogP contribution >= 0.6 is 0 Å². The molecule has 0 radical (unpaired) electrons. The highest BCUT2D eigenvalue weighted by Crippen LogP contribution is 2.41. The van der Waals surface area contributed by atoms with Crippen molar-refractivity contribution in [2.24, 2.45) is 0 Å². The summed E-state index contributed by atoms with van der Waals surface area (Å²) >= 11 is 0. The van der Waals surface area contributed by atoms with Crippen LogP contribution in [0.5, 0.6) is 0 Å². The zero-order chi connectivity index (χ0) is 13.0. The molecule has 1 saturated heterocycles. The molecular formula is C13H22BNO3. The van der Waals surface area contributed by atoms with E-state index >= 15 is 0 Å². The summed E-state index contributed by atoms with van der Waals surface area (Å²) in [5, 5.41) is 0. The summed E-state index contributed by atoms with van der Waals surface area (Å²) in [4.78, 5) is 2.39. The number of rotatable bonds is 2. The van der Waals surface area contributed by atoms with Crippen LogP contribution in [0.25, 0.3) is 0 Å². The van der Waals surface area contributed by atoms with E-state index < -0.39 is 0 Å². The predicted molar refractivity (Wildman–Crippen MR) is 69.8 cm³/mol. The van der Waals surface area contributed by atoms with E-state index in [0.717, 1.165) is 18.7 Å². The lowest BCUT2D eigenvalue weighted by Crippen LogP contribution is -2.41. The Balaban J connectivity index is 1.80. The van der Waals surface area contributed by atoms with Gasteiger partial charge in [0.15, 0.2) is 0 Å². The molecule has 1 saturated carbocycles. The van der Waals surface area contributed by atoms with E-state index in [2.05, 4.69) is 32.6 Å². The summed E-state index contributed by atoms with van der Waals surface area (Å²) in [6.45, 7) is 10.0. The van der Waals surface area contributed by atoms with E-state index in [1.165, 1.54) is 12.8 Å². The van der Waals surface area contributed by atoms with Gasteiger partial charge in [0.2, 0.25) is 0 Å². The third-order valence-electron chi connectivity index (χ3n) is 4.47. The van der Waals surface area contributed by atoms with Gasteiger partial charge in [0.25, 0.3) is 0 Å². The largest absolute Gasteiger partial charge is 0.515 e. The van der Waals surface area contributed by atoms with Crippen LogP contribution in [0.2, 0.25) is 0 Å². The van der Waals surface area contributed by atoms with Crippen LogP contribution in [-0.4, -0.2) is 42.4 Å². The van der Waals surface area contributed by atoms with E-state index in [9.17, 15) is 0 Å². The molecule has 0 N–H and O–H groups in total. The summed E-state index contributed by atoms with van der Waals surface area (Å²) in [6.07, 6.45) is 4.37. The van der Waals surface area contributed by atoms with Crippen LogP contribution in [0.4, 0.5) is 0 Å². The van der Waals surface area contributed by atoms with Crippen molar-refractivity contribution in [2.45, 2.75) is 57.8 Å². The van der Waals surface area contributed by atoms with Gasteiger partial charge in [-0.1, -0.05) is 0 Å². The van der Waals surface area contributed by atoms with Crippen molar-refractivity contribution >= 4 is 7.12 Å². The van der Waals surface area contributed by atoms with E-state index in [1.54, 1.807) is 0 Å². The van der Waals surface area contributed by atoms with Crippen LogP contribution in [0.1, 0.15) is 40.5 Å². The molecule has 2 fully saturated rings. The number of ether oxygens (including phenoxy) is 1. The Morgan fingerprint density at radius 2 is 1.78 bits per heavy atom. The molecule has 2 aliphatic heterocycles. The van der Waals surface area contributed by atoms with Gasteiger partial charge in [-0.15, -0.1) is 0 Å². The molecule has 0 aromatic carbocycles. The van der Waals surface area contributed by atoms with Crippen LogP contribution in [0.15, 0.2) is 11.9 Å². The summed E-state index contributed by atoms with van der Waals surface area (Å²) in [6, 6.07) is 0.666. The van der Waals surface area contributed by atoms with Gasteiger partial charge in [0.1, 0.15) is 6.61 Å². The average molecular weight is 251 g/mol. The zero-order valence-electron chi connectivity index (χ0n) is 11.7. The molecule has 3 aliphatic rings. The maximum Gasteiger partial charge on any atom is 0.515 e. The fourth-order valence-corrected chi connectivity index (χ4v) is 2.43. The quantitative estimate of drug-likeness (QED) is 0.702. The molecule has 4 nitrogen and oxygen atoms in total. The molecule has 0 amide bonds. The Morgan fingerprint density at radius 1 is 1.17 bits per heavy atom. The molecule has 2 heterocycles.